The van der Waals surface area contributed by atoms with Crippen LogP contribution in [0.5, 0.6) is 0 Å². The average Bonchev–Trinajstić information content (AvgIpc) is 3.12. The normalized spacial score (nSPS) is 20.2. The Balaban J connectivity index is 1.54. The number of benzene rings is 2. The number of nitrogens with one attached hydrogen (secondary N) is 2. The van der Waals surface area contributed by atoms with E-state index in [1.165, 1.54) is 5.56 Å². The molecule has 2 aromatic carbocycles. The van der Waals surface area contributed by atoms with Crippen LogP contribution in [0.15, 0.2) is 67.0 Å². The Morgan fingerprint density at radius 2 is 1.92 bits per heavy atom. The van der Waals surface area contributed by atoms with Crippen molar-refractivity contribution in [1.82, 2.24) is 10.3 Å². The SMILES string of the molecule is O=C(Nc1ccc2cnccc2c1)[C@@H]1CNC[C@H]1c1ccccc1. The van der Waals surface area contributed by atoms with E-state index in [0.29, 0.717) is 6.54 Å². The third kappa shape index (κ3) is 2.88. The molecule has 4 rings (SSSR count). The average molecular weight is 317 g/mol. The first kappa shape index (κ1) is 14.8. The van der Waals surface area contributed by atoms with Gasteiger partial charge in [-0.05, 0) is 29.1 Å². The molecule has 0 aliphatic carbocycles. The topological polar surface area (TPSA) is 54.0 Å². The number of pyridine rings is 1. The van der Waals surface area contributed by atoms with E-state index in [-0.39, 0.29) is 17.7 Å². The van der Waals surface area contributed by atoms with Crippen molar-refractivity contribution in [3.05, 3.63) is 72.6 Å². The molecule has 1 saturated heterocycles. The van der Waals surface area contributed by atoms with E-state index < -0.39 is 0 Å². The second-order valence-electron chi connectivity index (χ2n) is 6.21. The third-order valence-corrected chi connectivity index (χ3v) is 4.69. The largest absolute Gasteiger partial charge is 0.326 e. The highest BCUT2D eigenvalue weighted by molar-refractivity contribution is 5.96. The summed E-state index contributed by atoms with van der Waals surface area (Å²) in [7, 11) is 0. The molecule has 2 N–H and O–H groups in total. The highest BCUT2D eigenvalue weighted by Gasteiger charge is 2.33. The zero-order valence-corrected chi connectivity index (χ0v) is 13.3. The van der Waals surface area contributed by atoms with Gasteiger partial charge < -0.3 is 10.6 Å². The van der Waals surface area contributed by atoms with Crippen LogP contribution in [0.3, 0.4) is 0 Å². The Bertz CT molecular complexity index is 863. The molecule has 1 aromatic heterocycles. The van der Waals surface area contributed by atoms with Gasteiger partial charge in [0.2, 0.25) is 5.91 Å². The summed E-state index contributed by atoms with van der Waals surface area (Å²) in [6.07, 6.45) is 3.59. The van der Waals surface area contributed by atoms with Crippen molar-refractivity contribution in [2.45, 2.75) is 5.92 Å². The molecule has 2 atom stereocenters. The number of anilines is 1. The monoisotopic (exact) mass is 317 g/mol. The van der Waals surface area contributed by atoms with Gasteiger partial charge in [0.25, 0.3) is 0 Å². The molecule has 1 aliphatic rings. The molecule has 1 amide bonds. The Morgan fingerprint density at radius 3 is 2.79 bits per heavy atom. The molecule has 0 saturated carbocycles. The van der Waals surface area contributed by atoms with Crippen molar-refractivity contribution in [1.29, 1.82) is 0 Å². The summed E-state index contributed by atoms with van der Waals surface area (Å²) < 4.78 is 0. The van der Waals surface area contributed by atoms with E-state index in [1.54, 1.807) is 6.20 Å². The minimum absolute atomic E-state index is 0.0551. The number of nitrogens with zero attached hydrogens (tertiary/aromatic N) is 1. The van der Waals surface area contributed by atoms with Crippen LogP contribution in [0.4, 0.5) is 5.69 Å². The van der Waals surface area contributed by atoms with Crippen molar-refractivity contribution in [2.24, 2.45) is 5.92 Å². The Labute approximate surface area is 140 Å². The number of carbonyl (C=O) groups excluding carboxylic acids is 1. The molecule has 2 heterocycles. The standard InChI is InChI=1S/C20H19N3O/c24-20(19-13-22-12-18(19)14-4-2-1-3-5-14)23-17-7-6-16-11-21-9-8-15(16)10-17/h1-11,18-19,22H,12-13H2,(H,23,24)/t18-,19+/m0/s1. The Morgan fingerprint density at radius 1 is 1.04 bits per heavy atom. The minimum atomic E-state index is -0.0551. The van der Waals surface area contributed by atoms with Crippen LogP contribution in [0, 0.1) is 5.92 Å². The van der Waals surface area contributed by atoms with Gasteiger partial charge in [-0.2, -0.15) is 0 Å². The fourth-order valence-corrected chi connectivity index (χ4v) is 3.40. The summed E-state index contributed by atoms with van der Waals surface area (Å²) in [5, 5.41) is 8.57. The number of carbonyl (C=O) groups is 1. The first-order valence-corrected chi connectivity index (χ1v) is 8.21. The summed E-state index contributed by atoms with van der Waals surface area (Å²) in [4.78, 5) is 16.9. The molecule has 4 nitrogen and oxygen atoms in total. The van der Waals surface area contributed by atoms with Crippen molar-refractivity contribution in [2.75, 3.05) is 18.4 Å². The summed E-state index contributed by atoms with van der Waals surface area (Å²) in [5.41, 5.74) is 2.05. The number of rotatable bonds is 3. The van der Waals surface area contributed by atoms with E-state index >= 15 is 0 Å². The van der Waals surface area contributed by atoms with E-state index in [1.807, 2.05) is 48.7 Å². The lowest BCUT2D eigenvalue weighted by molar-refractivity contribution is -0.119. The van der Waals surface area contributed by atoms with E-state index in [0.717, 1.165) is 23.0 Å². The van der Waals surface area contributed by atoms with E-state index in [2.05, 4.69) is 27.8 Å². The molecule has 120 valence electrons. The molecule has 1 aliphatic heterocycles. The molecule has 0 bridgehead atoms. The highest BCUT2D eigenvalue weighted by Crippen LogP contribution is 2.29. The van der Waals surface area contributed by atoms with Gasteiger partial charge in [-0.3, -0.25) is 9.78 Å². The number of hydrogen-bond donors (Lipinski definition) is 2. The van der Waals surface area contributed by atoms with Crippen molar-refractivity contribution < 1.29 is 4.79 Å². The van der Waals surface area contributed by atoms with Crippen molar-refractivity contribution in [3.8, 4) is 0 Å². The third-order valence-electron chi connectivity index (χ3n) is 4.69. The van der Waals surface area contributed by atoms with Gasteiger partial charge in [0.1, 0.15) is 0 Å². The Hall–Kier alpha value is -2.72. The van der Waals surface area contributed by atoms with Gasteiger partial charge in [0.15, 0.2) is 0 Å². The highest BCUT2D eigenvalue weighted by atomic mass is 16.1. The van der Waals surface area contributed by atoms with Gasteiger partial charge in [0, 0.05) is 42.5 Å². The van der Waals surface area contributed by atoms with Crippen LogP contribution in [-0.2, 0) is 4.79 Å². The fraction of sp³-hybridized carbons (Fsp3) is 0.200. The summed E-state index contributed by atoms with van der Waals surface area (Å²) in [6.45, 7) is 1.55. The number of aromatic nitrogens is 1. The van der Waals surface area contributed by atoms with Crippen LogP contribution in [0.25, 0.3) is 10.8 Å². The number of hydrogen-bond acceptors (Lipinski definition) is 3. The molecular weight excluding hydrogens is 298 g/mol. The molecule has 0 unspecified atom stereocenters. The van der Waals surface area contributed by atoms with Crippen LogP contribution in [-0.4, -0.2) is 24.0 Å². The first-order valence-electron chi connectivity index (χ1n) is 8.21. The molecule has 0 spiro atoms. The molecule has 24 heavy (non-hydrogen) atoms. The first-order chi connectivity index (χ1) is 11.8. The van der Waals surface area contributed by atoms with Gasteiger partial charge in [-0.1, -0.05) is 36.4 Å². The maximum absolute atomic E-state index is 12.8. The molecular formula is C20H19N3O. The van der Waals surface area contributed by atoms with Crippen LogP contribution >= 0.6 is 0 Å². The molecule has 4 heteroatoms. The second kappa shape index (κ2) is 6.42. The molecule has 1 fully saturated rings. The lowest BCUT2D eigenvalue weighted by Gasteiger charge is -2.18. The van der Waals surface area contributed by atoms with Gasteiger partial charge >= 0.3 is 0 Å². The lowest BCUT2D eigenvalue weighted by Crippen LogP contribution is -2.28. The van der Waals surface area contributed by atoms with Crippen LogP contribution in [0.2, 0.25) is 0 Å². The van der Waals surface area contributed by atoms with Gasteiger partial charge in [-0.25, -0.2) is 0 Å². The maximum Gasteiger partial charge on any atom is 0.229 e. The summed E-state index contributed by atoms with van der Waals surface area (Å²) in [6, 6.07) is 18.1. The van der Waals surface area contributed by atoms with Crippen LogP contribution in [0.1, 0.15) is 11.5 Å². The maximum atomic E-state index is 12.8. The predicted octanol–water partition coefficient (Wildman–Crippen LogP) is 3.18. The van der Waals surface area contributed by atoms with E-state index in [9.17, 15) is 4.79 Å². The molecule has 3 aromatic rings. The smallest absolute Gasteiger partial charge is 0.229 e. The number of fused-ring (bicyclic) bond motifs is 1. The summed E-state index contributed by atoms with van der Waals surface area (Å²) >= 11 is 0. The second-order valence-corrected chi connectivity index (χ2v) is 6.21. The van der Waals surface area contributed by atoms with Crippen LogP contribution < -0.4 is 10.6 Å². The fourth-order valence-electron chi connectivity index (χ4n) is 3.40. The summed E-state index contributed by atoms with van der Waals surface area (Å²) in [5.74, 6) is 0.235. The van der Waals surface area contributed by atoms with Crippen molar-refractivity contribution >= 4 is 22.4 Å². The van der Waals surface area contributed by atoms with Crippen molar-refractivity contribution in [3.63, 3.8) is 0 Å². The zero-order chi connectivity index (χ0) is 16.4. The zero-order valence-electron chi connectivity index (χ0n) is 13.3. The quantitative estimate of drug-likeness (QED) is 0.780. The lowest BCUT2D eigenvalue weighted by atomic mass is 9.88. The minimum Gasteiger partial charge on any atom is -0.326 e. The van der Waals surface area contributed by atoms with Gasteiger partial charge in [-0.15, -0.1) is 0 Å². The van der Waals surface area contributed by atoms with Gasteiger partial charge in [0.05, 0.1) is 5.92 Å². The predicted molar refractivity (Wildman–Crippen MR) is 95.9 cm³/mol. The Kier molecular flexibility index (Phi) is 3.97. The van der Waals surface area contributed by atoms with E-state index in [4.69, 9.17) is 0 Å². The number of amides is 1. The molecule has 0 radical (unpaired) electrons.